The summed E-state index contributed by atoms with van der Waals surface area (Å²) in [6.45, 7) is 2.96. The summed E-state index contributed by atoms with van der Waals surface area (Å²) in [4.78, 5) is 4.16. The third kappa shape index (κ3) is 5.03. The third-order valence-corrected chi connectivity index (χ3v) is 2.80. The Labute approximate surface area is 118 Å². The zero-order valence-electron chi connectivity index (χ0n) is 11.7. The maximum Gasteiger partial charge on any atom is 0.212 e. The lowest BCUT2D eigenvalue weighted by Gasteiger charge is -2.06. The van der Waals surface area contributed by atoms with E-state index in [9.17, 15) is 0 Å². The molecular formula is C15H20N2O3. The fourth-order valence-electron chi connectivity index (χ4n) is 1.74. The standard InChI is InChI=1S/C15H20N2O3/c1-18-15-6-5-13(11-17-15)10-16-7-3-8-19-12-14-4-2-9-20-14/h2,4-6,9,11,16H,3,7-8,10,12H2,1H3. The third-order valence-electron chi connectivity index (χ3n) is 2.80. The average Bonchev–Trinajstić information content (AvgIpc) is 3.00. The molecule has 0 spiro atoms. The Morgan fingerprint density at radius 2 is 2.25 bits per heavy atom. The Kier molecular flexibility index (Phi) is 6.07. The van der Waals surface area contributed by atoms with Gasteiger partial charge in [0.25, 0.3) is 0 Å². The number of hydrogen-bond donors (Lipinski definition) is 1. The van der Waals surface area contributed by atoms with E-state index in [2.05, 4.69) is 10.3 Å². The summed E-state index contributed by atoms with van der Waals surface area (Å²) >= 11 is 0. The largest absolute Gasteiger partial charge is 0.481 e. The predicted octanol–water partition coefficient (Wildman–Crippen LogP) is 2.38. The summed E-state index contributed by atoms with van der Waals surface area (Å²) in [7, 11) is 1.61. The molecule has 0 saturated heterocycles. The van der Waals surface area contributed by atoms with Crippen LogP contribution in [0.3, 0.4) is 0 Å². The maximum absolute atomic E-state index is 5.50. The number of aromatic nitrogens is 1. The summed E-state index contributed by atoms with van der Waals surface area (Å²) in [5, 5.41) is 3.35. The van der Waals surface area contributed by atoms with Gasteiger partial charge in [0.15, 0.2) is 0 Å². The highest BCUT2D eigenvalue weighted by Gasteiger charge is 1.97. The van der Waals surface area contributed by atoms with Gasteiger partial charge in [0, 0.05) is 25.4 Å². The first-order valence-corrected chi connectivity index (χ1v) is 6.68. The van der Waals surface area contributed by atoms with E-state index in [1.165, 1.54) is 0 Å². The molecule has 5 nitrogen and oxygen atoms in total. The van der Waals surface area contributed by atoms with Crippen molar-refractivity contribution >= 4 is 0 Å². The molecule has 0 bridgehead atoms. The summed E-state index contributed by atoms with van der Waals surface area (Å²) in [5.41, 5.74) is 1.14. The molecule has 0 aromatic carbocycles. The zero-order valence-corrected chi connectivity index (χ0v) is 11.7. The Balaban J connectivity index is 1.50. The van der Waals surface area contributed by atoms with Gasteiger partial charge in [0.05, 0.1) is 13.4 Å². The van der Waals surface area contributed by atoms with Crippen LogP contribution in [0.2, 0.25) is 0 Å². The first kappa shape index (κ1) is 14.6. The number of hydrogen-bond acceptors (Lipinski definition) is 5. The van der Waals surface area contributed by atoms with Crippen molar-refractivity contribution in [3.8, 4) is 5.88 Å². The number of methoxy groups -OCH3 is 1. The molecule has 0 fully saturated rings. The number of rotatable bonds is 9. The smallest absolute Gasteiger partial charge is 0.212 e. The molecule has 1 N–H and O–H groups in total. The van der Waals surface area contributed by atoms with E-state index in [1.807, 2.05) is 30.5 Å². The maximum atomic E-state index is 5.50. The van der Waals surface area contributed by atoms with Gasteiger partial charge in [-0.1, -0.05) is 6.07 Å². The fraction of sp³-hybridized carbons (Fsp3) is 0.400. The SMILES string of the molecule is COc1ccc(CNCCCOCc2ccco2)cn1. The molecule has 108 valence electrons. The molecule has 2 aromatic rings. The molecule has 0 unspecified atom stereocenters. The summed E-state index contributed by atoms with van der Waals surface area (Å²) < 4.78 is 15.7. The molecule has 0 radical (unpaired) electrons. The van der Waals surface area contributed by atoms with E-state index in [4.69, 9.17) is 13.9 Å². The van der Waals surface area contributed by atoms with Crippen LogP contribution in [0.1, 0.15) is 17.7 Å². The Morgan fingerprint density at radius 3 is 2.95 bits per heavy atom. The van der Waals surface area contributed by atoms with Crippen molar-refractivity contribution in [1.29, 1.82) is 0 Å². The molecule has 20 heavy (non-hydrogen) atoms. The summed E-state index contributed by atoms with van der Waals surface area (Å²) in [6.07, 6.45) is 4.44. The van der Waals surface area contributed by atoms with Gasteiger partial charge in [-0.25, -0.2) is 4.98 Å². The van der Waals surface area contributed by atoms with Crippen molar-refractivity contribution in [2.45, 2.75) is 19.6 Å². The molecule has 0 aliphatic heterocycles. The minimum Gasteiger partial charge on any atom is -0.481 e. The Morgan fingerprint density at radius 1 is 1.30 bits per heavy atom. The molecule has 5 heteroatoms. The fourth-order valence-corrected chi connectivity index (χ4v) is 1.74. The van der Waals surface area contributed by atoms with Crippen LogP contribution in [0, 0.1) is 0 Å². The van der Waals surface area contributed by atoms with E-state index in [0.29, 0.717) is 19.1 Å². The van der Waals surface area contributed by atoms with Crippen molar-refractivity contribution in [1.82, 2.24) is 10.3 Å². The van der Waals surface area contributed by atoms with Gasteiger partial charge in [-0.05, 0) is 30.7 Å². The second kappa shape index (κ2) is 8.35. The lowest BCUT2D eigenvalue weighted by atomic mass is 10.3. The molecule has 2 heterocycles. The van der Waals surface area contributed by atoms with Gasteiger partial charge in [0.1, 0.15) is 12.4 Å². The van der Waals surface area contributed by atoms with Crippen LogP contribution in [0.5, 0.6) is 5.88 Å². The normalized spacial score (nSPS) is 10.7. The molecular weight excluding hydrogens is 256 g/mol. The first-order chi connectivity index (χ1) is 9.88. The molecule has 0 amide bonds. The second-order valence-corrected chi connectivity index (χ2v) is 4.37. The van der Waals surface area contributed by atoms with E-state index in [0.717, 1.165) is 30.8 Å². The van der Waals surface area contributed by atoms with Crippen LogP contribution in [-0.4, -0.2) is 25.2 Å². The summed E-state index contributed by atoms with van der Waals surface area (Å²) in [5.74, 6) is 1.50. The van der Waals surface area contributed by atoms with Crippen molar-refractivity contribution in [3.63, 3.8) is 0 Å². The molecule has 0 saturated carbocycles. The predicted molar refractivity (Wildman–Crippen MR) is 75.5 cm³/mol. The van der Waals surface area contributed by atoms with E-state index >= 15 is 0 Å². The van der Waals surface area contributed by atoms with Crippen LogP contribution in [0.4, 0.5) is 0 Å². The molecule has 0 aliphatic rings. The zero-order chi connectivity index (χ0) is 14.0. The topological polar surface area (TPSA) is 56.5 Å². The van der Waals surface area contributed by atoms with Crippen LogP contribution in [0.25, 0.3) is 0 Å². The first-order valence-electron chi connectivity index (χ1n) is 6.68. The van der Waals surface area contributed by atoms with Crippen LogP contribution in [-0.2, 0) is 17.9 Å². The lowest BCUT2D eigenvalue weighted by Crippen LogP contribution is -2.16. The second-order valence-electron chi connectivity index (χ2n) is 4.37. The summed E-state index contributed by atoms with van der Waals surface area (Å²) in [6, 6.07) is 7.65. The number of nitrogens with one attached hydrogen (secondary N) is 1. The average molecular weight is 276 g/mol. The van der Waals surface area contributed by atoms with Crippen LogP contribution >= 0.6 is 0 Å². The van der Waals surface area contributed by atoms with Crippen molar-refractivity contribution < 1.29 is 13.9 Å². The van der Waals surface area contributed by atoms with E-state index in [1.54, 1.807) is 13.4 Å². The van der Waals surface area contributed by atoms with Gasteiger partial charge in [0.2, 0.25) is 5.88 Å². The molecule has 0 atom stereocenters. The Bertz CT molecular complexity index is 468. The van der Waals surface area contributed by atoms with Crippen LogP contribution < -0.4 is 10.1 Å². The minimum absolute atomic E-state index is 0.537. The van der Waals surface area contributed by atoms with Gasteiger partial charge >= 0.3 is 0 Å². The Hall–Kier alpha value is -1.85. The molecule has 2 aromatic heterocycles. The quantitative estimate of drug-likeness (QED) is 0.713. The van der Waals surface area contributed by atoms with Gasteiger partial charge in [-0.15, -0.1) is 0 Å². The van der Waals surface area contributed by atoms with Crippen LogP contribution in [0.15, 0.2) is 41.1 Å². The number of ether oxygens (including phenoxy) is 2. The molecule has 0 aliphatic carbocycles. The van der Waals surface area contributed by atoms with E-state index < -0.39 is 0 Å². The van der Waals surface area contributed by atoms with Crippen molar-refractivity contribution in [2.75, 3.05) is 20.3 Å². The van der Waals surface area contributed by atoms with E-state index in [-0.39, 0.29) is 0 Å². The lowest BCUT2D eigenvalue weighted by molar-refractivity contribution is 0.104. The van der Waals surface area contributed by atoms with Gasteiger partial charge in [-0.2, -0.15) is 0 Å². The highest BCUT2D eigenvalue weighted by Crippen LogP contribution is 2.06. The van der Waals surface area contributed by atoms with Gasteiger partial charge in [-0.3, -0.25) is 0 Å². The number of furan rings is 1. The van der Waals surface area contributed by atoms with Gasteiger partial charge < -0.3 is 19.2 Å². The highest BCUT2D eigenvalue weighted by atomic mass is 16.5. The molecule has 2 rings (SSSR count). The highest BCUT2D eigenvalue weighted by molar-refractivity contribution is 5.17. The van der Waals surface area contributed by atoms with Crippen molar-refractivity contribution in [2.24, 2.45) is 0 Å². The number of pyridine rings is 1. The van der Waals surface area contributed by atoms with Crippen molar-refractivity contribution in [3.05, 3.63) is 48.0 Å². The number of nitrogens with zero attached hydrogens (tertiary/aromatic N) is 1. The minimum atomic E-state index is 0.537. The monoisotopic (exact) mass is 276 g/mol.